The Kier molecular flexibility index (Phi) is 9.87. The Morgan fingerprint density at radius 3 is 2.13 bits per heavy atom. The van der Waals surface area contributed by atoms with Gasteiger partial charge in [0.05, 0.1) is 4.34 Å². The van der Waals surface area contributed by atoms with Gasteiger partial charge in [0.1, 0.15) is 4.34 Å². The monoisotopic (exact) mass is 511 g/mol. The van der Waals surface area contributed by atoms with Crippen molar-refractivity contribution in [1.29, 1.82) is 0 Å². The van der Waals surface area contributed by atoms with Crippen LogP contribution in [-0.4, -0.2) is 60.8 Å². The molecule has 1 aliphatic rings. The predicted octanol–water partition coefficient (Wildman–Crippen LogP) is 3.37. The standard InChI is InChI=1S/C18H19Cl2N5O2S.2ClH/c1-24-2-4-25(5-3-24)17(27)12-7-10(13-9-14(19)28-15(13)20)6-11(8-12)16(26)23-18(21)22;;/h6-9H,2-5H2,1H3,(H4,21,22,23,26);2*1H. The third-order valence-corrected chi connectivity index (χ3v) is 5.90. The summed E-state index contributed by atoms with van der Waals surface area (Å²) in [5.74, 6) is -1.14. The van der Waals surface area contributed by atoms with Crippen LogP contribution in [0.4, 0.5) is 0 Å². The highest BCUT2D eigenvalue weighted by Gasteiger charge is 2.23. The lowest BCUT2D eigenvalue weighted by molar-refractivity contribution is 0.0664. The van der Waals surface area contributed by atoms with Crippen LogP contribution in [0.2, 0.25) is 8.67 Å². The van der Waals surface area contributed by atoms with Crippen molar-refractivity contribution in [3.05, 3.63) is 44.1 Å². The fourth-order valence-corrected chi connectivity index (χ4v) is 4.45. The number of hydrogen-bond donors (Lipinski definition) is 2. The molecule has 3 rings (SSSR count). The molecule has 1 aromatic heterocycles. The summed E-state index contributed by atoms with van der Waals surface area (Å²) in [7, 11) is 2.01. The highest BCUT2D eigenvalue weighted by Crippen LogP contribution is 2.39. The Morgan fingerprint density at radius 2 is 1.60 bits per heavy atom. The highest BCUT2D eigenvalue weighted by atomic mass is 35.5. The molecule has 1 aliphatic heterocycles. The number of amides is 2. The molecule has 1 fully saturated rings. The van der Waals surface area contributed by atoms with E-state index in [2.05, 4.69) is 9.89 Å². The first-order chi connectivity index (χ1) is 13.2. The highest BCUT2D eigenvalue weighted by molar-refractivity contribution is 7.20. The number of carbonyl (C=O) groups is 2. The maximum Gasteiger partial charge on any atom is 0.280 e. The summed E-state index contributed by atoms with van der Waals surface area (Å²) in [4.78, 5) is 32.9. The normalized spacial score (nSPS) is 13.8. The number of benzene rings is 1. The van der Waals surface area contributed by atoms with Crippen molar-refractivity contribution >= 4 is 77.1 Å². The average molecular weight is 513 g/mol. The zero-order valence-electron chi connectivity index (χ0n) is 15.9. The number of thiophene rings is 1. The van der Waals surface area contributed by atoms with E-state index in [9.17, 15) is 9.59 Å². The van der Waals surface area contributed by atoms with Crippen LogP contribution in [0.5, 0.6) is 0 Å². The van der Waals surface area contributed by atoms with Crippen LogP contribution in [0.15, 0.2) is 29.3 Å². The lowest BCUT2D eigenvalue weighted by Crippen LogP contribution is -2.47. The first-order valence-corrected chi connectivity index (χ1v) is 10.0. The summed E-state index contributed by atoms with van der Waals surface area (Å²) in [5, 5.41) is 0. The summed E-state index contributed by atoms with van der Waals surface area (Å²) >= 11 is 13.5. The summed E-state index contributed by atoms with van der Waals surface area (Å²) in [6, 6.07) is 6.50. The van der Waals surface area contributed by atoms with Gasteiger partial charge in [-0.25, -0.2) is 0 Å². The van der Waals surface area contributed by atoms with Gasteiger partial charge in [0.25, 0.3) is 11.8 Å². The van der Waals surface area contributed by atoms with Crippen LogP contribution in [0, 0.1) is 0 Å². The first kappa shape index (κ1) is 26.5. The molecule has 0 bridgehead atoms. The minimum absolute atomic E-state index is 0. The van der Waals surface area contributed by atoms with Gasteiger partial charge in [-0.05, 0) is 36.9 Å². The fraction of sp³-hybridized carbons (Fsp3) is 0.278. The topological polar surface area (TPSA) is 105 Å². The lowest BCUT2D eigenvalue weighted by atomic mass is 10.0. The molecule has 2 amide bonds. The van der Waals surface area contributed by atoms with Crippen molar-refractivity contribution in [2.24, 2.45) is 16.5 Å². The summed E-state index contributed by atoms with van der Waals surface area (Å²) in [6.45, 7) is 2.80. The maximum atomic E-state index is 13.0. The minimum atomic E-state index is -0.633. The van der Waals surface area contributed by atoms with E-state index in [1.807, 2.05) is 7.05 Å². The van der Waals surface area contributed by atoms with Gasteiger partial charge in [-0.3, -0.25) is 9.59 Å². The smallest absolute Gasteiger partial charge is 0.280 e. The second kappa shape index (κ2) is 11.2. The molecule has 7 nitrogen and oxygen atoms in total. The van der Waals surface area contributed by atoms with Gasteiger partial charge in [0, 0.05) is 42.9 Å². The molecule has 30 heavy (non-hydrogen) atoms. The van der Waals surface area contributed by atoms with Crippen molar-refractivity contribution in [2.75, 3.05) is 33.2 Å². The van der Waals surface area contributed by atoms with Gasteiger partial charge in [0.2, 0.25) is 0 Å². The Hall–Kier alpha value is -1.55. The number of halogens is 4. The molecule has 1 aromatic carbocycles. The number of piperazine rings is 1. The number of nitrogens with zero attached hydrogens (tertiary/aromatic N) is 3. The third-order valence-electron chi connectivity index (χ3n) is 4.42. The second-order valence-electron chi connectivity index (χ2n) is 6.47. The molecule has 0 radical (unpaired) electrons. The Labute approximate surface area is 200 Å². The van der Waals surface area contributed by atoms with Gasteiger partial charge in [0.15, 0.2) is 5.96 Å². The SMILES string of the molecule is CN1CCN(C(=O)c2cc(C(=O)N=C(N)N)cc(-c3cc(Cl)sc3Cl)c2)CC1.Cl.Cl. The molecule has 2 aromatic rings. The van der Waals surface area contributed by atoms with Crippen molar-refractivity contribution in [1.82, 2.24) is 9.80 Å². The van der Waals surface area contributed by atoms with E-state index in [1.165, 1.54) is 17.4 Å². The molecular weight excluding hydrogens is 492 g/mol. The van der Waals surface area contributed by atoms with E-state index >= 15 is 0 Å². The quantitative estimate of drug-likeness (QED) is 0.484. The molecule has 12 heteroatoms. The number of guanidine groups is 1. The molecule has 0 saturated carbocycles. The van der Waals surface area contributed by atoms with E-state index in [1.54, 1.807) is 23.1 Å². The average Bonchev–Trinajstić information content (AvgIpc) is 2.99. The molecule has 0 atom stereocenters. The van der Waals surface area contributed by atoms with Crippen molar-refractivity contribution in [3.63, 3.8) is 0 Å². The van der Waals surface area contributed by atoms with Crippen LogP contribution in [0.1, 0.15) is 20.7 Å². The Bertz CT molecular complexity index is 954. The molecule has 0 spiro atoms. The van der Waals surface area contributed by atoms with Gasteiger partial charge < -0.3 is 21.3 Å². The number of carbonyl (C=O) groups excluding carboxylic acids is 2. The van der Waals surface area contributed by atoms with Crippen LogP contribution < -0.4 is 11.5 Å². The first-order valence-electron chi connectivity index (χ1n) is 8.46. The third kappa shape index (κ3) is 6.23. The van der Waals surface area contributed by atoms with Crippen LogP contribution >= 0.6 is 59.4 Å². The summed E-state index contributed by atoms with van der Waals surface area (Å²) in [5.41, 5.74) is 12.5. The summed E-state index contributed by atoms with van der Waals surface area (Å²) in [6.07, 6.45) is 0. The van der Waals surface area contributed by atoms with Gasteiger partial charge >= 0.3 is 0 Å². The largest absolute Gasteiger partial charge is 0.370 e. The van der Waals surface area contributed by atoms with Crippen LogP contribution in [0.3, 0.4) is 0 Å². The van der Waals surface area contributed by atoms with E-state index in [0.717, 1.165) is 13.1 Å². The number of nitrogens with two attached hydrogens (primary N) is 2. The van der Waals surface area contributed by atoms with Gasteiger partial charge in [-0.1, -0.05) is 23.2 Å². The number of hydrogen-bond acceptors (Lipinski definition) is 4. The van der Waals surface area contributed by atoms with Crippen LogP contribution in [-0.2, 0) is 0 Å². The van der Waals surface area contributed by atoms with Crippen LogP contribution in [0.25, 0.3) is 11.1 Å². The zero-order valence-corrected chi connectivity index (χ0v) is 19.9. The van der Waals surface area contributed by atoms with E-state index in [-0.39, 0.29) is 42.2 Å². The van der Waals surface area contributed by atoms with E-state index in [4.69, 9.17) is 34.7 Å². The molecule has 0 aliphatic carbocycles. The maximum absolute atomic E-state index is 13.0. The fourth-order valence-electron chi connectivity index (χ4n) is 2.94. The van der Waals surface area contributed by atoms with Gasteiger partial charge in [-0.2, -0.15) is 4.99 Å². The molecular formula is C18H21Cl4N5O2S. The molecule has 1 saturated heterocycles. The van der Waals surface area contributed by atoms with Gasteiger partial charge in [-0.15, -0.1) is 36.2 Å². The molecule has 2 heterocycles. The van der Waals surface area contributed by atoms with E-state index < -0.39 is 5.91 Å². The van der Waals surface area contributed by atoms with Crippen molar-refractivity contribution in [2.45, 2.75) is 0 Å². The lowest BCUT2D eigenvalue weighted by Gasteiger charge is -2.32. The number of aliphatic imine (C=N–C) groups is 1. The summed E-state index contributed by atoms with van der Waals surface area (Å²) < 4.78 is 0.974. The zero-order chi connectivity index (χ0) is 20.4. The van der Waals surface area contributed by atoms with Crippen molar-refractivity contribution in [3.8, 4) is 11.1 Å². The Morgan fingerprint density at radius 1 is 1.00 bits per heavy atom. The number of likely N-dealkylation sites (N-methyl/N-ethyl adjacent to an activating group) is 1. The minimum Gasteiger partial charge on any atom is -0.370 e. The molecule has 164 valence electrons. The molecule has 4 N–H and O–H groups in total. The predicted molar refractivity (Wildman–Crippen MR) is 128 cm³/mol. The molecule has 0 unspecified atom stereocenters. The van der Waals surface area contributed by atoms with E-state index in [0.29, 0.717) is 38.5 Å². The number of rotatable bonds is 3. The van der Waals surface area contributed by atoms with Crippen molar-refractivity contribution < 1.29 is 9.59 Å². The second-order valence-corrected chi connectivity index (χ2v) is 8.76. The Balaban J connectivity index is 0.00000225.